The van der Waals surface area contributed by atoms with Crippen molar-refractivity contribution in [3.05, 3.63) is 53.1 Å². The van der Waals surface area contributed by atoms with E-state index >= 15 is 0 Å². The third-order valence-corrected chi connectivity index (χ3v) is 6.51. The number of carbonyl (C=O) groups excluding carboxylic acids is 1. The van der Waals surface area contributed by atoms with Crippen molar-refractivity contribution in [3.8, 4) is 0 Å². The largest absolute Gasteiger partial charge is 0.354 e. The summed E-state index contributed by atoms with van der Waals surface area (Å²) in [5.41, 5.74) is 5.01. The van der Waals surface area contributed by atoms with Crippen molar-refractivity contribution in [2.75, 3.05) is 42.5 Å². The molecule has 7 nitrogen and oxygen atoms in total. The fraction of sp³-hybridized carbons (Fsp3) is 0.409. The molecule has 3 aliphatic rings. The summed E-state index contributed by atoms with van der Waals surface area (Å²) in [5, 5.41) is 7.95. The molecule has 1 N–H and O–H groups in total. The summed E-state index contributed by atoms with van der Waals surface area (Å²) in [7, 11) is 0. The number of anilines is 2. The Labute approximate surface area is 173 Å². The van der Waals surface area contributed by atoms with E-state index in [0.29, 0.717) is 26.1 Å². The molecule has 3 aliphatic heterocycles. The van der Waals surface area contributed by atoms with E-state index in [9.17, 15) is 9.18 Å². The highest BCUT2D eigenvalue weighted by molar-refractivity contribution is 5.98. The molecule has 154 valence electrons. The van der Waals surface area contributed by atoms with Gasteiger partial charge in [-0.2, -0.15) is 9.61 Å². The molecular weight excluding hydrogens is 383 g/mol. The number of fused-ring (bicyclic) bond motifs is 3. The standard InChI is InChI=1S/C22H23FN6O/c23-16-1-2-19-14(11-16)6-10-28(19)22(30)15-12-27(13-15)21-17-3-7-24-8-4-18(17)26-20-5-9-25-29(20)21/h1-2,5,9,11,15,24H,3-4,6-8,10,12-13H2. The van der Waals surface area contributed by atoms with Crippen LogP contribution >= 0.6 is 0 Å². The molecule has 8 heteroatoms. The Morgan fingerprint density at radius 3 is 2.90 bits per heavy atom. The van der Waals surface area contributed by atoms with Crippen LogP contribution in [-0.2, 0) is 24.1 Å². The zero-order valence-electron chi connectivity index (χ0n) is 16.6. The van der Waals surface area contributed by atoms with Gasteiger partial charge in [0.1, 0.15) is 11.6 Å². The van der Waals surface area contributed by atoms with Crippen LogP contribution in [0.4, 0.5) is 15.9 Å². The minimum Gasteiger partial charge on any atom is -0.354 e. The van der Waals surface area contributed by atoms with Crippen LogP contribution in [0.1, 0.15) is 16.8 Å². The molecule has 1 aromatic carbocycles. The molecule has 30 heavy (non-hydrogen) atoms. The normalized spacial score (nSPS) is 18.8. The maximum atomic E-state index is 13.5. The van der Waals surface area contributed by atoms with Gasteiger partial charge in [0.2, 0.25) is 5.91 Å². The molecule has 0 bridgehead atoms. The van der Waals surface area contributed by atoms with Crippen molar-refractivity contribution in [3.63, 3.8) is 0 Å². The second-order valence-electron chi connectivity index (χ2n) is 8.33. The second kappa shape index (κ2) is 6.77. The number of rotatable bonds is 2. The molecule has 2 aromatic heterocycles. The van der Waals surface area contributed by atoms with E-state index in [4.69, 9.17) is 4.98 Å². The molecule has 0 aliphatic carbocycles. The van der Waals surface area contributed by atoms with Gasteiger partial charge < -0.3 is 15.1 Å². The van der Waals surface area contributed by atoms with Gasteiger partial charge in [-0.3, -0.25) is 4.79 Å². The summed E-state index contributed by atoms with van der Waals surface area (Å²) >= 11 is 0. The van der Waals surface area contributed by atoms with Crippen molar-refractivity contribution in [2.24, 2.45) is 5.92 Å². The van der Waals surface area contributed by atoms with Crippen molar-refractivity contribution in [1.82, 2.24) is 19.9 Å². The number of nitrogens with zero attached hydrogens (tertiary/aromatic N) is 5. The van der Waals surface area contributed by atoms with Gasteiger partial charge in [-0.05, 0) is 43.1 Å². The summed E-state index contributed by atoms with van der Waals surface area (Å²) < 4.78 is 15.4. The van der Waals surface area contributed by atoms with Crippen molar-refractivity contribution >= 4 is 23.1 Å². The van der Waals surface area contributed by atoms with Gasteiger partial charge in [0.25, 0.3) is 0 Å². The van der Waals surface area contributed by atoms with Gasteiger partial charge in [-0.15, -0.1) is 0 Å². The van der Waals surface area contributed by atoms with Gasteiger partial charge >= 0.3 is 0 Å². The molecule has 0 unspecified atom stereocenters. The SMILES string of the molecule is O=C(C1CN(c2c3c(nc4ccnn24)CCNCC3)C1)N1CCc2cc(F)ccc21. The lowest BCUT2D eigenvalue weighted by Gasteiger charge is -2.42. The minimum absolute atomic E-state index is 0.0562. The minimum atomic E-state index is -0.242. The van der Waals surface area contributed by atoms with Crippen LogP contribution in [0.5, 0.6) is 0 Å². The number of nitrogens with one attached hydrogen (secondary N) is 1. The number of benzene rings is 1. The molecule has 1 fully saturated rings. The number of carbonyl (C=O) groups is 1. The third-order valence-electron chi connectivity index (χ3n) is 6.51. The summed E-state index contributed by atoms with van der Waals surface area (Å²) in [6.45, 7) is 3.83. The molecule has 0 radical (unpaired) electrons. The predicted octanol–water partition coefficient (Wildman–Crippen LogP) is 1.58. The topological polar surface area (TPSA) is 65.8 Å². The Kier molecular flexibility index (Phi) is 4.02. The van der Waals surface area contributed by atoms with Crippen LogP contribution < -0.4 is 15.1 Å². The molecule has 1 amide bonds. The van der Waals surface area contributed by atoms with E-state index in [1.54, 1.807) is 18.3 Å². The fourth-order valence-corrected chi connectivity index (χ4v) is 4.97. The first-order valence-electron chi connectivity index (χ1n) is 10.6. The third kappa shape index (κ3) is 2.70. The Morgan fingerprint density at radius 2 is 2.00 bits per heavy atom. The number of halogens is 1. The van der Waals surface area contributed by atoms with E-state index in [1.807, 2.05) is 15.5 Å². The summed E-state index contributed by atoms with van der Waals surface area (Å²) in [4.78, 5) is 22.1. The van der Waals surface area contributed by atoms with E-state index in [-0.39, 0.29) is 17.6 Å². The molecule has 1 saturated heterocycles. The summed E-state index contributed by atoms with van der Waals surface area (Å²) in [5.74, 6) is 0.917. The lowest BCUT2D eigenvalue weighted by molar-refractivity contribution is -0.123. The van der Waals surface area contributed by atoms with E-state index in [2.05, 4.69) is 15.3 Å². The number of hydrogen-bond acceptors (Lipinski definition) is 5. The van der Waals surface area contributed by atoms with Crippen LogP contribution in [-0.4, -0.2) is 53.2 Å². The Bertz CT molecular complexity index is 1150. The second-order valence-corrected chi connectivity index (χ2v) is 8.33. The van der Waals surface area contributed by atoms with Crippen LogP contribution in [0, 0.1) is 11.7 Å². The molecule has 0 saturated carbocycles. The monoisotopic (exact) mass is 406 g/mol. The predicted molar refractivity (Wildman–Crippen MR) is 111 cm³/mol. The van der Waals surface area contributed by atoms with Gasteiger partial charge in [-0.25, -0.2) is 9.37 Å². The lowest BCUT2D eigenvalue weighted by atomic mass is 9.96. The van der Waals surface area contributed by atoms with E-state index in [1.165, 1.54) is 11.6 Å². The first-order chi connectivity index (χ1) is 14.7. The van der Waals surface area contributed by atoms with Crippen LogP contribution in [0.15, 0.2) is 30.5 Å². The molecule has 0 atom stereocenters. The molecule has 6 rings (SSSR count). The quantitative estimate of drug-likeness (QED) is 0.700. The Balaban J connectivity index is 1.27. The maximum absolute atomic E-state index is 13.5. The Morgan fingerprint density at radius 1 is 1.13 bits per heavy atom. The van der Waals surface area contributed by atoms with Gasteiger partial charge in [0.15, 0.2) is 5.65 Å². The molecule has 3 aromatic rings. The molecule has 0 spiro atoms. The zero-order chi connectivity index (χ0) is 20.2. The fourth-order valence-electron chi connectivity index (χ4n) is 4.97. The maximum Gasteiger partial charge on any atom is 0.233 e. The van der Waals surface area contributed by atoms with Gasteiger partial charge in [0, 0.05) is 49.9 Å². The highest BCUT2D eigenvalue weighted by Gasteiger charge is 2.40. The van der Waals surface area contributed by atoms with Gasteiger partial charge in [-0.1, -0.05) is 0 Å². The first kappa shape index (κ1) is 17.8. The Hall–Kier alpha value is -3.00. The van der Waals surface area contributed by atoms with Crippen molar-refractivity contribution < 1.29 is 9.18 Å². The number of hydrogen-bond donors (Lipinski definition) is 1. The zero-order valence-corrected chi connectivity index (χ0v) is 16.6. The molecular formula is C22H23FN6O. The highest BCUT2D eigenvalue weighted by Crippen LogP contribution is 2.35. The average molecular weight is 406 g/mol. The van der Waals surface area contributed by atoms with Gasteiger partial charge in [0.05, 0.1) is 17.8 Å². The van der Waals surface area contributed by atoms with E-state index in [0.717, 1.165) is 54.3 Å². The summed E-state index contributed by atoms with van der Waals surface area (Å²) in [6, 6.07) is 6.65. The highest BCUT2D eigenvalue weighted by atomic mass is 19.1. The number of aromatic nitrogens is 3. The van der Waals surface area contributed by atoms with Crippen LogP contribution in [0.3, 0.4) is 0 Å². The molecule has 5 heterocycles. The lowest BCUT2D eigenvalue weighted by Crippen LogP contribution is -2.55. The van der Waals surface area contributed by atoms with Crippen molar-refractivity contribution in [1.29, 1.82) is 0 Å². The summed E-state index contributed by atoms with van der Waals surface area (Å²) in [6.07, 6.45) is 4.31. The van der Waals surface area contributed by atoms with Crippen molar-refractivity contribution in [2.45, 2.75) is 19.3 Å². The first-order valence-corrected chi connectivity index (χ1v) is 10.6. The van der Waals surface area contributed by atoms with E-state index < -0.39 is 0 Å². The smallest absolute Gasteiger partial charge is 0.233 e. The van der Waals surface area contributed by atoms with Crippen LogP contribution in [0.25, 0.3) is 5.65 Å². The number of amides is 1. The average Bonchev–Trinajstić information content (AvgIpc) is 3.26. The van der Waals surface area contributed by atoms with Crippen LogP contribution in [0.2, 0.25) is 0 Å².